The number of urea groups is 1. The zero-order valence-electron chi connectivity index (χ0n) is 16.0. The summed E-state index contributed by atoms with van der Waals surface area (Å²) >= 11 is 5.79. The van der Waals surface area contributed by atoms with Crippen molar-refractivity contribution in [3.8, 4) is 0 Å². The molecule has 4 amide bonds. The Balaban J connectivity index is 1.51. The molecule has 3 aromatic carbocycles. The van der Waals surface area contributed by atoms with Gasteiger partial charge in [0, 0.05) is 27.5 Å². The zero-order chi connectivity index (χ0) is 21.5. The van der Waals surface area contributed by atoms with Crippen LogP contribution < -0.4 is 21.5 Å². The molecule has 0 saturated carbocycles. The van der Waals surface area contributed by atoms with E-state index in [0.29, 0.717) is 27.5 Å². The second kappa shape index (κ2) is 9.58. The van der Waals surface area contributed by atoms with Crippen LogP contribution in [0.5, 0.6) is 0 Å². The summed E-state index contributed by atoms with van der Waals surface area (Å²) in [5, 5.41) is 5.88. The number of hydrazine groups is 1. The van der Waals surface area contributed by atoms with Crippen molar-refractivity contribution in [3.05, 3.63) is 94.5 Å². The highest BCUT2D eigenvalue weighted by Gasteiger charge is 2.09. The Hall–Kier alpha value is -3.84. The predicted octanol–water partition coefficient (Wildman–Crippen LogP) is 4.37. The Morgan fingerprint density at radius 1 is 0.700 bits per heavy atom. The van der Waals surface area contributed by atoms with E-state index in [0.717, 1.165) is 5.56 Å². The monoisotopic (exact) mass is 422 g/mol. The van der Waals surface area contributed by atoms with Crippen LogP contribution in [0, 0.1) is 6.92 Å². The number of nitrogens with one attached hydrogen (secondary N) is 4. The van der Waals surface area contributed by atoms with Crippen molar-refractivity contribution in [1.82, 2.24) is 10.9 Å². The molecule has 0 radical (unpaired) electrons. The van der Waals surface area contributed by atoms with Crippen LogP contribution in [-0.4, -0.2) is 17.8 Å². The van der Waals surface area contributed by atoms with E-state index < -0.39 is 11.9 Å². The molecule has 8 heteroatoms. The SMILES string of the molecule is Cc1cccc(C(=O)Nc2ccc(C(=O)NNC(=O)Nc3ccc(Cl)cc3)cc2)c1. The molecule has 7 nitrogen and oxygen atoms in total. The Morgan fingerprint density at radius 3 is 2.00 bits per heavy atom. The summed E-state index contributed by atoms with van der Waals surface area (Å²) in [5.41, 5.74) is 7.50. The molecule has 0 aliphatic heterocycles. The van der Waals surface area contributed by atoms with Gasteiger partial charge in [0.25, 0.3) is 11.8 Å². The molecule has 152 valence electrons. The molecule has 3 aromatic rings. The van der Waals surface area contributed by atoms with E-state index in [1.165, 1.54) is 0 Å². The van der Waals surface area contributed by atoms with Gasteiger partial charge in [0.2, 0.25) is 0 Å². The smallest absolute Gasteiger partial charge is 0.322 e. The van der Waals surface area contributed by atoms with E-state index in [9.17, 15) is 14.4 Å². The zero-order valence-corrected chi connectivity index (χ0v) is 16.8. The number of rotatable bonds is 4. The second-order valence-corrected chi connectivity index (χ2v) is 6.88. The minimum atomic E-state index is -0.604. The third kappa shape index (κ3) is 5.83. The van der Waals surface area contributed by atoms with Gasteiger partial charge in [-0.15, -0.1) is 0 Å². The van der Waals surface area contributed by atoms with E-state index >= 15 is 0 Å². The Bertz CT molecular complexity index is 1070. The van der Waals surface area contributed by atoms with Crippen molar-refractivity contribution >= 4 is 40.8 Å². The number of carbonyl (C=O) groups excluding carboxylic acids is 3. The molecular formula is C22H19ClN4O3. The number of halogens is 1. The van der Waals surface area contributed by atoms with Gasteiger partial charge < -0.3 is 10.6 Å². The van der Waals surface area contributed by atoms with Crippen LogP contribution in [0.3, 0.4) is 0 Å². The van der Waals surface area contributed by atoms with Crippen molar-refractivity contribution in [2.24, 2.45) is 0 Å². The van der Waals surface area contributed by atoms with E-state index in [1.807, 2.05) is 19.1 Å². The normalized spacial score (nSPS) is 10.1. The highest BCUT2D eigenvalue weighted by atomic mass is 35.5. The summed E-state index contributed by atoms with van der Waals surface area (Å²) in [7, 11) is 0. The molecule has 0 atom stereocenters. The van der Waals surface area contributed by atoms with Gasteiger partial charge in [0.1, 0.15) is 0 Å². The van der Waals surface area contributed by atoms with Crippen LogP contribution in [0.4, 0.5) is 16.2 Å². The Kier molecular flexibility index (Phi) is 6.67. The lowest BCUT2D eigenvalue weighted by Gasteiger charge is -2.10. The molecule has 0 unspecified atom stereocenters. The molecule has 0 aliphatic carbocycles. The minimum absolute atomic E-state index is 0.239. The summed E-state index contributed by atoms with van der Waals surface area (Å²) < 4.78 is 0. The van der Waals surface area contributed by atoms with Crippen molar-refractivity contribution in [1.29, 1.82) is 0 Å². The molecule has 0 aromatic heterocycles. The fourth-order valence-corrected chi connectivity index (χ4v) is 2.70. The standard InChI is InChI=1S/C22H19ClN4O3/c1-14-3-2-4-16(13-14)20(28)24-18-9-5-15(6-10-18)21(29)26-27-22(30)25-19-11-7-17(23)8-12-19/h2-13H,1H3,(H,24,28)(H,26,29)(H2,25,27,30). The van der Waals surface area contributed by atoms with Crippen molar-refractivity contribution in [2.75, 3.05) is 10.6 Å². The first-order chi connectivity index (χ1) is 14.4. The quantitative estimate of drug-likeness (QED) is 0.470. The number of anilines is 2. The molecule has 0 saturated heterocycles. The average molecular weight is 423 g/mol. The van der Waals surface area contributed by atoms with Crippen LogP contribution in [0.1, 0.15) is 26.3 Å². The topological polar surface area (TPSA) is 99.3 Å². The van der Waals surface area contributed by atoms with Gasteiger partial charge in [-0.05, 0) is 67.6 Å². The lowest BCUT2D eigenvalue weighted by molar-refractivity contribution is 0.0937. The first-order valence-corrected chi connectivity index (χ1v) is 9.39. The lowest BCUT2D eigenvalue weighted by Crippen LogP contribution is -2.43. The number of hydrogen-bond donors (Lipinski definition) is 4. The van der Waals surface area contributed by atoms with E-state index in [2.05, 4.69) is 21.5 Å². The predicted molar refractivity (Wildman–Crippen MR) is 117 cm³/mol. The minimum Gasteiger partial charge on any atom is -0.322 e. The molecule has 0 fully saturated rings. The summed E-state index contributed by atoms with van der Waals surface area (Å²) in [6.45, 7) is 1.91. The van der Waals surface area contributed by atoms with Crippen LogP contribution in [0.15, 0.2) is 72.8 Å². The van der Waals surface area contributed by atoms with Gasteiger partial charge in [-0.25, -0.2) is 10.2 Å². The van der Waals surface area contributed by atoms with Crippen LogP contribution in [0.2, 0.25) is 5.02 Å². The highest BCUT2D eigenvalue weighted by molar-refractivity contribution is 6.30. The maximum absolute atomic E-state index is 12.3. The van der Waals surface area contributed by atoms with Gasteiger partial charge in [-0.1, -0.05) is 29.3 Å². The Morgan fingerprint density at radius 2 is 1.33 bits per heavy atom. The van der Waals surface area contributed by atoms with Crippen LogP contribution in [0.25, 0.3) is 0 Å². The first-order valence-electron chi connectivity index (χ1n) is 9.02. The molecule has 30 heavy (non-hydrogen) atoms. The number of hydrogen-bond acceptors (Lipinski definition) is 3. The second-order valence-electron chi connectivity index (χ2n) is 6.44. The molecule has 3 rings (SSSR count). The third-order valence-corrected chi connectivity index (χ3v) is 4.33. The summed E-state index contributed by atoms with van der Waals surface area (Å²) in [4.78, 5) is 36.3. The lowest BCUT2D eigenvalue weighted by atomic mass is 10.1. The molecule has 0 bridgehead atoms. The fraction of sp³-hybridized carbons (Fsp3) is 0.0455. The molecule has 0 heterocycles. The maximum Gasteiger partial charge on any atom is 0.337 e. The summed E-state index contributed by atoms with van der Waals surface area (Å²) in [6, 6.07) is 19.5. The highest BCUT2D eigenvalue weighted by Crippen LogP contribution is 2.14. The van der Waals surface area contributed by atoms with Crippen molar-refractivity contribution in [2.45, 2.75) is 6.92 Å². The van der Waals surface area contributed by atoms with Crippen molar-refractivity contribution < 1.29 is 14.4 Å². The maximum atomic E-state index is 12.3. The number of benzene rings is 3. The first kappa shape index (κ1) is 20.9. The van der Waals surface area contributed by atoms with Gasteiger partial charge >= 0.3 is 6.03 Å². The molecule has 0 aliphatic rings. The van der Waals surface area contributed by atoms with Gasteiger partial charge in [-0.3, -0.25) is 15.0 Å². The molecular weight excluding hydrogens is 404 g/mol. The number of amides is 4. The summed E-state index contributed by atoms with van der Waals surface area (Å²) in [5.74, 6) is -0.741. The summed E-state index contributed by atoms with van der Waals surface area (Å²) in [6.07, 6.45) is 0. The van der Waals surface area contributed by atoms with Gasteiger partial charge in [0.05, 0.1) is 0 Å². The largest absolute Gasteiger partial charge is 0.337 e. The van der Waals surface area contributed by atoms with E-state index in [1.54, 1.807) is 60.7 Å². The van der Waals surface area contributed by atoms with Crippen molar-refractivity contribution in [3.63, 3.8) is 0 Å². The Labute approximate surface area is 178 Å². The molecule has 4 N–H and O–H groups in total. The van der Waals surface area contributed by atoms with E-state index in [-0.39, 0.29) is 5.91 Å². The fourth-order valence-electron chi connectivity index (χ4n) is 2.58. The van der Waals surface area contributed by atoms with Crippen LogP contribution >= 0.6 is 11.6 Å². The van der Waals surface area contributed by atoms with Gasteiger partial charge in [0.15, 0.2) is 0 Å². The van der Waals surface area contributed by atoms with E-state index in [4.69, 9.17) is 11.6 Å². The third-order valence-electron chi connectivity index (χ3n) is 4.08. The molecule has 0 spiro atoms. The average Bonchev–Trinajstić information content (AvgIpc) is 2.74. The number of aryl methyl sites for hydroxylation is 1. The van der Waals surface area contributed by atoms with Crippen LogP contribution in [-0.2, 0) is 0 Å². The number of carbonyl (C=O) groups is 3. The van der Waals surface area contributed by atoms with Gasteiger partial charge in [-0.2, -0.15) is 0 Å².